The molecule has 2 aliphatic heterocycles. The maximum absolute atomic E-state index is 12.7. The lowest BCUT2D eigenvalue weighted by Gasteiger charge is -2.26. The molecule has 8 heteroatoms. The van der Waals surface area contributed by atoms with Gasteiger partial charge in [-0.2, -0.15) is 17.0 Å². The SMILES string of the molecule is Cc1nc(CCN2CCCN(S(=O)(=O)N3CCCC3)CC2)cs1. The van der Waals surface area contributed by atoms with Crippen molar-refractivity contribution in [3.05, 3.63) is 16.1 Å². The lowest BCUT2D eigenvalue weighted by Crippen LogP contribution is -2.44. The molecule has 0 radical (unpaired) electrons. The number of nitrogens with zero attached hydrogens (tertiary/aromatic N) is 4. The van der Waals surface area contributed by atoms with Gasteiger partial charge in [0, 0.05) is 51.1 Å². The molecule has 0 spiro atoms. The first-order valence-corrected chi connectivity index (χ1v) is 10.7. The number of aryl methyl sites for hydroxylation is 1. The fourth-order valence-electron chi connectivity index (χ4n) is 3.28. The van der Waals surface area contributed by atoms with Crippen LogP contribution in [0.15, 0.2) is 5.38 Å². The van der Waals surface area contributed by atoms with Crippen molar-refractivity contribution in [1.82, 2.24) is 18.5 Å². The highest BCUT2D eigenvalue weighted by Gasteiger charge is 2.32. The summed E-state index contributed by atoms with van der Waals surface area (Å²) in [4.78, 5) is 6.87. The van der Waals surface area contributed by atoms with Crippen molar-refractivity contribution >= 4 is 21.5 Å². The van der Waals surface area contributed by atoms with Crippen molar-refractivity contribution < 1.29 is 8.42 Å². The van der Waals surface area contributed by atoms with E-state index in [0.29, 0.717) is 26.2 Å². The van der Waals surface area contributed by atoms with Crippen LogP contribution in [0.2, 0.25) is 0 Å². The Morgan fingerprint density at radius 3 is 2.43 bits per heavy atom. The van der Waals surface area contributed by atoms with Gasteiger partial charge in [-0.05, 0) is 32.7 Å². The third-order valence-electron chi connectivity index (χ3n) is 4.62. The topological polar surface area (TPSA) is 56.8 Å². The first kappa shape index (κ1) is 17.3. The van der Waals surface area contributed by atoms with Crippen molar-refractivity contribution in [2.45, 2.75) is 32.6 Å². The van der Waals surface area contributed by atoms with Gasteiger partial charge >= 0.3 is 0 Å². The van der Waals surface area contributed by atoms with Gasteiger partial charge in [0.1, 0.15) is 0 Å². The molecule has 0 amide bonds. The van der Waals surface area contributed by atoms with Gasteiger partial charge in [-0.3, -0.25) is 0 Å². The molecule has 2 saturated heterocycles. The molecule has 0 atom stereocenters. The molecule has 0 aliphatic carbocycles. The highest BCUT2D eigenvalue weighted by atomic mass is 32.2. The van der Waals surface area contributed by atoms with Crippen LogP contribution in [0.5, 0.6) is 0 Å². The van der Waals surface area contributed by atoms with Crippen molar-refractivity contribution in [1.29, 1.82) is 0 Å². The van der Waals surface area contributed by atoms with E-state index in [0.717, 1.165) is 56.0 Å². The third kappa shape index (κ3) is 4.30. The standard InChI is InChI=1S/C15H26N4O2S2/c1-14-16-15(13-22-14)5-10-17-6-4-9-19(12-11-17)23(20,21)18-7-2-3-8-18/h13H,2-12H2,1H3. The molecular weight excluding hydrogens is 332 g/mol. The quantitative estimate of drug-likeness (QED) is 0.797. The molecule has 0 saturated carbocycles. The predicted molar refractivity (Wildman–Crippen MR) is 92.9 cm³/mol. The second-order valence-electron chi connectivity index (χ2n) is 6.32. The number of rotatable bonds is 5. The van der Waals surface area contributed by atoms with Crippen LogP contribution in [0.4, 0.5) is 0 Å². The summed E-state index contributed by atoms with van der Waals surface area (Å²) in [7, 11) is -3.24. The summed E-state index contributed by atoms with van der Waals surface area (Å²) in [5.74, 6) is 0. The largest absolute Gasteiger partial charge is 0.302 e. The highest BCUT2D eigenvalue weighted by Crippen LogP contribution is 2.18. The molecule has 3 rings (SSSR count). The van der Waals surface area contributed by atoms with E-state index < -0.39 is 10.2 Å². The highest BCUT2D eigenvalue weighted by molar-refractivity contribution is 7.86. The monoisotopic (exact) mass is 358 g/mol. The second-order valence-corrected chi connectivity index (χ2v) is 9.31. The molecule has 1 aromatic rings. The Labute approximate surface area is 143 Å². The van der Waals surface area contributed by atoms with Crippen molar-refractivity contribution in [3.8, 4) is 0 Å². The van der Waals surface area contributed by atoms with Gasteiger partial charge in [0.05, 0.1) is 10.7 Å². The van der Waals surface area contributed by atoms with Crippen molar-refractivity contribution in [2.24, 2.45) is 0 Å². The molecule has 2 fully saturated rings. The summed E-state index contributed by atoms with van der Waals surface area (Å²) >= 11 is 1.69. The number of hydrogen-bond donors (Lipinski definition) is 0. The zero-order chi connectivity index (χ0) is 16.3. The Kier molecular flexibility index (Phi) is 5.69. The van der Waals surface area contributed by atoms with Crippen LogP contribution >= 0.6 is 11.3 Å². The van der Waals surface area contributed by atoms with E-state index in [1.165, 1.54) is 0 Å². The minimum atomic E-state index is -3.24. The third-order valence-corrected chi connectivity index (χ3v) is 7.47. The second kappa shape index (κ2) is 7.57. The van der Waals surface area contributed by atoms with Gasteiger partial charge in [-0.15, -0.1) is 11.3 Å². The lowest BCUT2D eigenvalue weighted by molar-refractivity contribution is 0.287. The Hall–Kier alpha value is -0.540. The zero-order valence-corrected chi connectivity index (χ0v) is 15.4. The van der Waals surface area contributed by atoms with E-state index in [1.54, 1.807) is 19.9 Å². The van der Waals surface area contributed by atoms with Gasteiger partial charge in [0.25, 0.3) is 10.2 Å². The first-order chi connectivity index (χ1) is 11.1. The molecule has 6 nitrogen and oxygen atoms in total. The molecule has 2 aliphatic rings. The van der Waals surface area contributed by atoms with E-state index in [4.69, 9.17) is 0 Å². The Bertz CT molecular complexity index is 611. The normalized spacial score (nSPS) is 22.5. The van der Waals surface area contributed by atoms with E-state index >= 15 is 0 Å². The van der Waals surface area contributed by atoms with Crippen LogP contribution in [0, 0.1) is 6.92 Å². The van der Waals surface area contributed by atoms with Crippen LogP contribution < -0.4 is 0 Å². The maximum atomic E-state index is 12.7. The molecular formula is C15H26N4O2S2. The Morgan fingerprint density at radius 2 is 1.74 bits per heavy atom. The van der Waals surface area contributed by atoms with Crippen molar-refractivity contribution in [2.75, 3.05) is 45.8 Å². The molecule has 0 aromatic carbocycles. The van der Waals surface area contributed by atoms with Gasteiger partial charge in [0.15, 0.2) is 0 Å². The molecule has 130 valence electrons. The molecule has 23 heavy (non-hydrogen) atoms. The van der Waals surface area contributed by atoms with E-state index in [9.17, 15) is 8.42 Å². The number of aromatic nitrogens is 1. The summed E-state index contributed by atoms with van der Waals surface area (Å²) in [6, 6.07) is 0. The summed E-state index contributed by atoms with van der Waals surface area (Å²) in [6.45, 7) is 7.39. The smallest absolute Gasteiger partial charge is 0.282 e. The molecule has 3 heterocycles. The molecule has 0 unspecified atom stereocenters. The molecule has 1 aromatic heterocycles. The zero-order valence-electron chi connectivity index (χ0n) is 13.8. The van der Waals surface area contributed by atoms with E-state index in [1.807, 2.05) is 6.92 Å². The Balaban J connectivity index is 1.52. The van der Waals surface area contributed by atoms with Gasteiger partial charge in [-0.1, -0.05) is 0 Å². The Morgan fingerprint density at radius 1 is 1.04 bits per heavy atom. The average Bonchev–Trinajstić information content (AvgIpc) is 3.13. The van der Waals surface area contributed by atoms with Gasteiger partial charge in [0.2, 0.25) is 0 Å². The molecule has 0 bridgehead atoms. The summed E-state index contributed by atoms with van der Waals surface area (Å²) in [6.07, 6.45) is 3.84. The minimum absolute atomic E-state index is 0.606. The fraction of sp³-hybridized carbons (Fsp3) is 0.800. The minimum Gasteiger partial charge on any atom is -0.302 e. The fourth-order valence-corrected chi connectivity index (χ4v) is 5.64. The van der Waals surface area contributed by atoms with Gasteiger partial charge < -0.3 is 4.90 Å². The van der Waals surface area contributed by atoms with Crippen LogP contribution in [-0.2, 0) is 16.6 Å². The van der Waals surface area contributed by atoms with E-state index in [-0.39, 0.29) is 0 Å². The number of thiazole rings is 1. The molecule has 0 N–H and O–H groups in total. The summed E-state index contributed by atoms with van der Waals surface area (Å²) in [5.41, 5.74) is 1.15. The summed E-state index contributed by atoms with van der Waals surface area (Å²) in [5, 5.41) is 3.23. The van der Waals surface area contributed by atoms with Crippen LogP contribution in [0.25, 0.3) is 0 Å². The van der Waals surface area contributed by atoms with E-state index in [2.05, 4.69) is 15.3 Å². The average molecular weight is 359 g/mol. The first-order valence-electron chi connectivity index (χ1n) is 8.44. The summed E-state index contributed by atoms with van der Waals surface area (Å²) < 4.78 is 28.6. The van der Waals surface area contributed by atoms with Crippen LogP contribution in [-0.4, -0.2) is 72.7 Å². The van der Waals surface area contributed by atoms with Gasteiger partial charge in [-0.25, -0.2) is 4.98 Å². The predicted octanol–water partition coefficient (Wildman–Crippen LogP) is 1.34. The van der Waals surface area contributed by atoms with Crippen LogP contribution in [0.1, 0.15) is 30.0 Å². The lowest BCUT2D eigenvalue weighted by atomic mass is 10.3. The van der Waals surface area contributed by atoms with Crippen molar-refractivity contribution in [3.63, 3.8) is 0 Å². The number of hydrogen-bond acceptors (Lipinski definition) is 5. The maximum Gasteiger partial charge on any atom is 0.282 e. The van der Waals surface area contributed by atoms with Crippen LogP contribution in [0.3, 0.4) is 0 Å².